The molecule has 0 aliphatic carbocycles. The summed E-state index contributed by atoms with van der Waals surface area (Å²) in [5, 5.41) is 3.19. The molecule has 0 amide bonds. The number of benzene rings is 2. The van der Waals surface area contributed by atoms with E-state index in [2.05, 4.69) is 10.0 Å². The summed E-state index contributed by atoms with van der Waals surface area (Å²) >= 11 is 0. The molecular formula is C21H26N3O5S+. The molecule has 0 aliphatic rings. The van der Waals surface area contributed by atoms with Crippen LogP contribution in [0.5, 0.6) is 0 Å². The van der Waals surface area contributed by atoms with E-state index in [1.165, 1.54) is 7.11 Å². The van der Waals surface area contributed by atoms with E-state index in [-0.39, 0.29) is 12.4 Å². The summed E-state index contributed by atoms with van der Waals surface area (Å²) in [7, 11) is -0.401. The maximum Gasteiger partial charge on any atom is 0.375 e. The first kappa shape index (κ1) is 21.8. The lowest BCUT2D eigenvalue weighted by atomic mass is 10.3. The molecule has 0 radical (unpaired) electrons. The van der Waals surface area contributed by atoms with Gasteiger partial charge in [-0.1, -0.05) is 18.2 Å². The highest BCUT2D eigenvalue weighted by Gasteiger charge is 2.22. The minimum Gasteiger partial charge on any atom is -0.398 e. The largest absolute Gasteiger partial charge is 0.398 e. The van der Waals surface area contributed by atoms with Crippen molar-refractivity contribution in [3.05, 3.63) is 60.6 Å². The Morgan fingerprint density at radius 2 is 1.80 bits per heavy atom. The second-order valence-electron chi connectivity index (χ2n) is 6.52. The van der Waals surface area contributed by atoms with Crippen molar-refractivity contribution in [1.29, 1.82) is 0 Å². The first-order chi connectivity index (χ1) is 14.5. The number of para-hydroxylation sites is 1. The lowest BCUT2D eigenvalue weighted by Gasteiger charge is -2.06. The lowest BCUT2D eigenvalue weighted by Crippen LogP contribution is -2.37. The van der Waals surface area contributed by atoms with Gasteiger partial charge in [0.05, 0.1) is 24.1 Å². The first-order valence-electron chi connectivity index (χ1n) is 9.45. The third-order valence-electron chi connectivity index (χ3n) is 4.33. The fourth-order valence-corrected chi connectivity index (χ4v) is 3.84. The highest BCUT2D eigenvalue weighted by molar-refractivity contribution is 7.92. The van der Waals surface area contributed by atoms with Gasteiger partial charge in [-0.05, 0) is 24.3 Å². The number of aromatic nitrogens is 1. The molecule has 0 bridgehead atoms. The smallest absolute Gasteiger partial charge is 0.375 e. The van der Waals surface area contributed by atoms with E-state index in [9.17, 15) is 8.42 Å². The van der Waals surface area contributed by atoms with Gasteiger partial charge in [0.1, 0.15) is 6.61 Å². The van der Waals surface area contributed by atoms with Crippen LogP contribution in [0.2, 0.25) is 0 Å². The average Bonchev–Trinajstić information content (AvgIpc) is 3.08. The Labute approximate surface area is 176 Å². The number of nitrogens with zero attached hydrogens (tertiary/aromatic N) is 1. The van der Waals surface area contributed by atoms with Crippen molar-refractivity contribution < 1.29 is 26.9 Å². The molecular weight excluding hydrogens is 406 g/mol. The summed E-state index contributed by atoms with van der Waals surface area (Å²) in [6.07, 6.45) is 3.62. The molecule has 1 aromatic heterocycles. The van der Waals surface area contributed by atoms with Crippen LogP contribution in [0.1, 0.15) is 5.89 Å². The summed E-state index contributed by atoms with van der Waals surface area (Å²) in [6, 6.07) is 14.9. The SMILES string of the molecule is COCC[n+]1c(C=CNc2ccccc2)oc2ccc(NS(=O)(=O)CCOC)cc21. The second kappa shape index (κ2) is 10.2. The van der Waals surface area contributed by atoms with Gasteiger partial charge in [0.2, 0.25) is 15.6 Å². The van der Waals surface area contributed by atoms with Crippen molar-refractivity contribution >= 4 is 38.6 Å². The third-order valence-corrected chi connectivity index (χ3v) is 5.58. The molecule has 0 unspecified atom stereocenters. The van der Waals surface area contributed by atoms with Crippen molar-refractivity contribution in [2.45, 2.75) is 6.54 Å². The maximum absolute atomic E-state index is 12.2. The second-order valence-corrected chi connectivity index (χ2v) is 8.37. The van der Waals surface area contributed by atoms with E-state index >= 15 is 0 Å². The Morgan fingerprint density at radius 3 is 2.53 bits per heavy atom. The molecule has 3 aromatic rings. The van der Waals surface area contributed by atoms with Crippen molar-refractivity contribution in [2.75, 3.05) is 43.2 Å². The van der Waals surface area contributed by atoms with E-state index in [4.69, 9.17) is 13.9 Å². The van der Waals surface area contributed by atoms with E-state index in [0.29, 0.717) is 30.3 Å². The Balaban J connectivity index is 1.87. The predicted molar refractivity (Wildman–Crippen MR) is 117 cm³/mol. The molecule has 0 atom stereocenters. The van der Waals surface area contributed by atoms with Gasteiger partial charge in [-0.2, -0.15) is 4.57 Å². The van der Waals surface area contributed by atoms with Crippen molar-refractivity contribution in [1.82, 2.24) is 0 Å². The minimum atomic E-state index is -3.50. The molecule has 8 nitrogen and oxygen atoms in total. The van der Waals surface area contributed by atoms with Gasteiger partial charge in [-0.15, -0.1) is 0 Å². The molecule has 1 heterocycles. The number of fused-ring (bicyclic) bond motifs is 1. The number of ether oxygens (including phenoxy) is 2. The van der Waals surface area contributed by atoms with Crippen LogP contribution in [0.25, 0.3) is 17.2 Å². The molecule has 2 aromatic carbocycles. The minimum absolute atomic E-state index is 0.115. The predicted octanol–water partition coefficient (Wildman–Crippen LogP) is 2.84. The molecule has 3 rings (SSSR count). The number of methoxy groups -OCH3 is 2. The Hall–Kier alpha value is -2.88. The number of nitrogens with one attached hydrogen (secondary N) is 2. The van der Waals surface area contributed by atoms with E-state index in [0.717, 1.165) is 11.2 Å². The molecule has 0 saturated carbocycles. The van der Waals surface area contributed by atoms with E-state index < -0.39 is 10.0 Å². The van der Waals surface area contributed by atoms with Crippen LogP contribution < -0.4 is 14.6 Å². The summed E-state index contributed by atoms with van der Waals surface area (Å²) in [5.74, 6) is 0.500. The molecule has 160 valence electrons. The van der Waals surface area contributed by atoms with Crippen LogP contribution in [0, 0.1) is 0 Å². The Kier molecular flexibility index (Phi) is 7.45. The molecule has 0 spiro atoms. The van der Waals surface area contributed by atoms with Crippen LogP contribution in [-0.2, 0) is 26.0 Å². The lowest BCUT2D eigenvalue weighted by molar-refractivity contribution is -0.679. The van der Waals surface area contributed by atoms with Gasteiger partial charge in [0.25, 0.3) is 5.52 Å². The zero-order valence-electron chi connectivity index (χ0n) is 17.0. The summed E-state index contributed by atoms with van der Waals surface area (Å²) in [5.41, 5.74) is 2.83. The van der Waals surface area contributed by atoms with Crippen LogP contribution >= 0.6 is 0 Å². The summed E-state index contributed by atoms with van der Waals surface area (Å²) < 4.78 is 44.9. The molecule has 0 saturated heterocycles. The van der Waals surface area contributed by atoms with Gasteiger partial charge in [-0.3, -0.25) is 4.72 Å². The topological polar surface area (TPSA) is 93.7 Å². The van der Waals surface area contributed by atoms with Gasteiger partial charge in [0, 0.05) is 32.2 Å². The summed E-state index contributed by atoms with van der Waals surface area (Å²) in [6.45, 7) is 1.16. The number of hydrogen-bond donors (Lipinski definition) is 2. The monoisotopic (exact) mass is 432 g/mol. The van der Waals surface area contributed by atoms with Crippen LogP contribution in [0.4, 0.5) is 11.4 Å². The highest BCUT2D eigenvalue weighted by Crippen LogP contribution is 2.21. The van der Waals surface area contributed by atoms with E-state index in [1.807, 2.05) is 41.0 Å². The fourth-order valence-electron chi connectivity index (χ4n) is 2.87. The van der Waals surface area contributed by atoms with Crippen molar-refractivity contribution in [3.63, 3.8) is 0 Å². The van der Waals surface area contributed by atoms with Gasteiger partial charge in [0.15, 0.2) is 6.54 Å². The van der Waals surface area contributed by atoms with Gasteiger partial charge in [-0.25, -0.2) is 8.42 Å². The molecule has 30 heavy (non-hydrogen) atoms. The van der Waals surface area contributed by atoms with Crippen LogP contribution in [-0.4, -0.2) is 41.6 Å². The maximum atomic E-state index is 12.2. The zero-order valence-corrected chi connectivity index (χ0v) is 17.8. The van der Waals surface area contributed by atoms with Gasteiger partial charge >= 0.3 is 5.89 Å². The van der Waals surface area contributed by atoms with Crippen molar-refractivity contribution in [2.24, 2.45) is 0 Å². The van der Waals surface area contributed by atoms with Gasteiger partial charge < -0.3 is 19.2 Å². The highest BCUT2D eigenvalue weighted by atomic mass is 32.2. The van der Waals surface area contributed by atoms with Crippen LogP contribution in [0.15, 0.2) is 59.1 Å². The molecule has 9 heteroatoms. The molecule has 2 N–H and O–H groups in total. The number of sulfonamides is 1. The Morgan fingerprint density at radius 1 is 1.03 bits per heavy atom. The van der Waals surface area contributed by atoms with Crippen LogP contribution in [0.3, 0.4) is 0 Å². The van der Waals surface area contributed by atoms with E-state index in [1.54, 1.807) is 31.5 Å². The number of anilines is 2. The number of rotatable bonds is 11. The summed E-state index contributed by atoms with van der Waals surface area (Å²) in [4.78, 5) is 0. The quantitative estimate of drug-likeness (QED) is 0.453. The fraction of sp³-hybridized carbons (Fsp3) is 0.286. The average molecular weight is 433 g/mol. The first-order valence-corrected chi connectivity index (χ1v) is 11.1. The number of oxazole rings is 1. The molecule has 0 fully saturated rings. The third kappa shape index (κ3) is 5.82. The van der Waals surface area contributed by atoms with Crippen molar-refractivity contribution in [3.8, 4) is 0 Å². The Bertz CT molecular complexity index is 1090. The molecule has 0 aliphatic heterocycles. The normalized spacial score (nSPS) is 11.9. The number of hydrogen-bond acceptors (Lipinski definition) is 6. The zero-order chi connectivity index (χ0) is 21.4. The standard InChI is InChI=1S/C21H25N3O5S/c1-27-13-12-24-19-16-18(23-30(25,26)15-14-28-2)8-9-20(19)29-21(24)10-11-22-17-6-4-3-5-7-17/h3-11,16,23H,12-15H2,1-2H3/p+1.